The second kappa shape index (κ2) is 7.26. The number of nitrogens with zero attached hydrogens (tertiary/aromatic N) is 1. The zero-order valence-corrected chi connectivity index (χ0v) is 12.8. The van der Waals surface area contributed by atoms with Crippen molar-refractivity contribution in [1.29, 1.82) is 0 Å². The van der Waals surface area contributed by atoms with Crippen molar-refractivity contribution in [2.75, 3.05) is 26.2 Å². The molecule has 23 heavy (non-hydrogen) atoms. The van der Waals surface area contributed by atoms with Crippen LogP contribution in [0.5, 0.6) is 11.5 Å². The lowest BCUT2D eigenvalue weighted by Crippen LogP contribution is -2.47. The first-order valence-corrected chi connectivity index (χ1v) is 7.74. The van der Waals surface area contributed by atoms with E-state index in [2.05, 4.69) is 5.32 Å². The van der Waals surface area contributed by atoms with Crippen LogP contribution in [0.15, 0.2) is 54.6 Å². The van der Waals surface area contributed by atoms with E-state index in [0.717, 1.165) is 37.5 Å². The molecule has 0 amide bonds. The number of aliphatic carboxylic acids is 1. The van der Waals surface area contributed by atoms with E-state index >= 15 is 0 Å². The van der Waals surface area contributed by atoms with Gasteiger partial charge in [-0.1, -0.05) is 30.3 Å². The van der Waals surface area contributed by atoms with Gasteiger partial charge in [-0.05, 0) is 29.8 Å². The minimum Gasteiger partial charge on any atom is -0.480 e. The van der Waals surface area contributed by atoms with Crippen molar-refractivity contribution in [3.8, 4) is 11.5 Å². The molecule has 5 heteroatoms. The van der Waals surface area contributed by atoms with Crippen LogP contribution in [0.3, 0.4) is 0 Å². The number of benzene rings is 2. The van der Waals surface area contributed by atoms with Gasteiger partial charge < -0.3 is 15.2 Å². The molecule has 3 rings (SSSR count). The molecule has 5 nitrogen and oxygen atoms in total. The van der Waals surface area contributed by atoms with E-state index in [1.54, 1.807) is 0 Å². The predicted molar refractivity (Wildman–Crippen MR) is 87.8 cm³/mol. The molecule has 0 aliphatic carbocycles. The van der Waals surface area contributed by atoms with Gasteiger partial charge in [0.2, 0.25) is 0 Å². The Labute approximate surface area is 135 Å². The van der Waals surface area contributed by atoms with Gasteiger partial charge in [-0.2, -0.15) is 0 Å². The van der Waals surface area contributed by atoms with Crippen LogP contribution in [0.25, 0.3) is 0 Å². The van der Waals surface area contributed by atoms with Crippen LogP contribution < -0.4 is 10.1 Å². The molecule has 1 heterocycles. The molecular formula is C18H20N2O3. The summed E-state index contributed by atoms with van der Waals surface area (Å²) in [5, 5.41) is 12.9. The second-order valence-corrected chi connectivity index (χ2v) is 5.51. The summed E-state index contributed by atoms with van der Waals surface area (Å²) in [6.45, 7) is 3.06. The Balaban J connectivity index is 1.83. The van der Waals surface area contributed by atoms with E-state index in [-0.39, 0.29) is 0 Å². The van der Waals surface area contributed by atoms with E-state index in [4.69, 9.17) is 4.74 Å². The molecule has 2 aromatic rings. The first-order valence-electron chi connectivity index (χ1n) is 7.74. The molecule has 1 unspecified atom stereocenters. The summed E-state index contributed by atoms with van der Waals surface area (Å²) in [5.41, 5.74) is 0.743. The van der Waals surface area contributed by atoms with E-state index in [9.17, 15) is 9.90 Å². The number of nitrogens with one attached hydrogen (secondary N) is 1. The maximum absolute atomic E-state index is 11.8. The van der Waals surface area contributed by atoms with Crippen molar-refractivity contribution in [2.45, 2.75) is 6.04 Å². The Morgan fingerprint density at radius 2 is 1.74 bits per heavy atom. The van der Waals surface area contributed by atoms with Crippen LogP contribution in [0.2, 0.25) is 0 Å². The topological polar surface area (TPSA) is 61.8 Å². The Morgan fingerprint density at radius 3 is 2.43 bits per heavy atom. The highest BCUT2D eigenvalue weighted by molar-refractivity contribution is 5.75. The maximum atomic E-state index is 11.8. The fraction of sp³-hybridized carbons (Fsp3) is 0.278. The van der Waals surface area contributed by atoms with Gasteiger partial charge in [0.15, 0.2) is 0 Å². The van der Waals surface area contributed by atoms with Gasteiger partial charge in [0.25, 0.3) is 0 Å². The molecule has 0 radical (unpaired) electrons. The first kappa shape index (κ1) is 15.5. The summed E-state index contributed by atoms with van der Waals surface area (Å²) in [4.78, 5) is 13.8. The average Bonchev–Trinajstić information content (AvgIpc) is 2.57. The third kappa shape index (κ3) is 3.88. The Bertz CT molecular complexity index is 654. The van der Waals surface area contributed by atoms with Gasteiger partial charge in [-0.15, -0.1) is 0 Å². The number of ether oxygens (including phenoxy) is 1. The molecular weight excluding hydrogens is 292 g/mol. The summed E-state index contributed by atoms with van der Waals surface area (Å²) in [6.07, 6.45) is 0. The van der Waals surface area contributed by atoms with Crippen molar-refractivity contribution in [3.63, 3.8) is 0 Å². The largest absolute Gasteiger partial charge is 0.480 e. The monoisotopic (exact) mass is 312 g/mol. The van der Waals surface area contributed by atoms with Crippen molar-refractivity contribution in [3.05, 3.63) is 60.2 Å². The Hall–Kier alpha value is -2.37. The van der Waals surface area contributed by atoms with E-state index in [1.165, 1.54) is 0 Å². The molecule has 1 fully saturated rings. The molecule has 1 saturated heterocycles. The summed E-state index contributed by atoms with van der Waals surface area (Å²) < 4.78 is 5.81. The Kier molecular flexibility index (Phi) is 4.90. The molecule has 120 valence electrons. The molecule has 0 aromatic heterocycles. The minimum atomic E-state index is -0.830. The summed E-state index contributed by atoms with van der Waals surface area (Å²) in [5.74, 6) is 0.553. The average molecular weight is 312 g/mol. The van der Waals surface area contributed by atoms with Crippen molar-refractivity contribution in [2.24, 2.45) is 0 Å². The molecule has 2 aromatic carbocycles. The summed E-state index contributed by atoms with van der Waals surface area (Å²) >= 11 is 0. The van der Waals surface area contributed by atoms with E-state index < -0.39 is 12.0 Å². The lowest BCUT2D eigenvalue weighted by atomic mass is 10.0. The second-order valence-electron chi connectivity index (χ2n) is 5.51. The van der Waals surface area contributed by atoms with E-state index in [0.29, 0.717) is 5.75 Å². The SMILES string of the molecule is O=C(O)C(c1cccc(Oc2ccccc2)c1)N1CCNCC1. The molecule has 0 spiro atoms. The molecule has 1 atom stereocenters. The number of carboxylic acids is 1. The highest BCUT2D eigenvalue weighted by Gasteiger charge is 2.28. The highest BCUT2D eigenvalue weighted by atomic mass is 16.5. The van der Waals surface area contributed by atoms with E-state index in [1.807, 2.05) is 59.5 Å². The van der Waals surface area contributed by atoms with Gasteiger partial charge in [-0.3, -0.25) is 9.69 Å². The van der Waals surface area contributed by atoms with Gasteiger partial charge >= 0.3 is 5.97 Å². The fourth-order valence-electron chi connectivity index (χ4n) is 2.82. The quantitative estimate of drug-likeness (QED) is 0.888. The normalized spacial score (nSPS) is 16.7. The predicted octanol–water partition coefficient (Wildman–Crippen LogP) is 2.51. The minimum absolute atomic E-state index is 0.642. The maximum Gasteiger partial charge on any atom is 0.325 e. The molecule has 0 bridgehead atoms. The van der Waals surface area contributed by atoms with Gasteiger partial charge in [0.05, 0.1) is 0 Å². The highest BCUT2D eigenvalue weighted by Crippen LogP contribution is 2.27. The fourth-order valence-corrected chi connectivity index (χ4v) is 2.82. The number of carboxylic acid groups (broad SMARTS) is 1. The molecule has 0 saturated carbocycles. The smallest absolute Gasteiger partial charge is 0.325 e. The van der Waals surface area contributed by atoms with Gasteiger partial charge in [-0.25, -0.2) is 0 Å². The number of hydrogen-bond donors (Lipinski definition) is 2. The van der Waals surface area contributed by atoms with Crippen molar-refractivity contribution < 1.29 is 14.6 Å². The number of para-hydroxylation sites is 1. The van der Waals surface area contributed by atoms with Crippen LogP contribution in [0, 0.1) is 0 Å². The van der Waals surface area contributed by atoms with Crippen LogP contribution in [0.4, 0.5) is 0 Å². The van der Waals surface area contributed by atoms with Crippen LogP contribution in [-0.4, -0.2) is 42.2 Å². The summed E-state index contributed by atoms with van der Waals surface area (Å²) in [6, 6.07) is 16.2. The molecule has 2 N–H and O–H groups in total. The third-order valence-corrected chi connectivity index (χ3v) is 3.90. The standard InChI is InChI=1S/C18H20N2O3/c21-18(22)17(20-11-9-19-10-12-20)14-5-4-8-16(13-14)23-15-6-2-1-3-7-15/h1-8,13,17,19H,9-12H2,(H,21,22). The van der Waals surface area contributed by atoms with Crippen LogP contribution >= 0.6 is 0 Å². The lowest BCUT2D eigenvalue weighted by molar-refractivity contribution is -0.143. The number of carbonyl (C=O) groups is 1. The van der Waals surface area contributed by atoms with Crippen molar-refractivity contribution in [1.82, 2.24) is 10.2 Å². The van der Waals surface area contributed by atoms with Crippen molar-refractivity contribution >= 4 is 5.97 Å². The third-order valence-electron chi connectivity index (χ3n) is 3.90. The van der Waals surface area contributed by atoms with Gasteiger partial charge in [0.1, 0.15) is 17.5 Å². The molecule has 1 aliphatic rings. The van der Waals surface area contributed by atoms with Crippen LogP contribution in [0.1, 0.15) is 11.6 Å². The number of piperazine rings is 1. The molecule has 1 aliphatic heterocycles. The lowest BCUT2D eigenvalue weighted by Gasteiger charge is -2.32. The first-order chi connectivity index (χ1) is 11.2. The zero-order valence-electron chi connectivity index (χ0n) is 12.8. The number of hydrogen-bond acceptors (Lipinski definition) is 4. The van der Waals surface area contributed by atoms with Crippen LogP contribution in [-0.2, 0) is 4.79 Å². The zero-order chi connectivity index (χ0) is 16.1. The van der Waals surface area contributed by atoms with Gasteiger partial charge in [0, 0.05) is 26.2 Å². The number of rotatable bonds is 5. The Morgan fingerprint density at radius 1 is 1.04 bits per heavy atom. The summed E-state index contributed by atoms with van der Waals surface area (Å²) in [7, 11) is 0.